The topological polar surface area (TPSA) is 107 Å². The molecule has 0 bridgehead atoms. The van der Waals surface area contributed by atoms with Crippen molar-refractivity contribution in [3.63, 3.8) is 0 Å². The molecule has 0 aliphatic rings. The second-order valence-electron chi connectivity index (χ2n) is 5.99. The zero-order chi connectivity index (χ0) is 19.7. The molecule has 0 atom stereocenters. The number of benzene rings is 3. The number of rotatable bonds is 4. The number of ether oxygens (including phenoxy) is 1. The van der Waals surface area contributed by atoms with E-state index in [-0.39, 0.29) is 11.3 Å². The number of hydrogen-bond acceptors (Lipinski definition) is 6. The summed E-state index contributed by atoms with van der Waals surface area (Å²) in [6.45, 7) is 0. The second kappa shape index (κ2) is 6.92. The van der Waals surface area contributed by atoms with Gasteiger partial charge in [0.25, 0.3) is 11.6 Å². The van der Waals surface area contributed by atoms with Gasteiger partial charge in [-0.25, -0.2) is 9.97 Å². The third kappa shape index (κ3) is 3.07. The van der Waals surface area contributed by atoms with Crippen LogP contribution in [-0.4, -0.2) is 27.9 Å². The van der Waals surface area contributed by atoms with Gasteiger partial charge in [-0.3, -0.25) is 14.9 Å². The Kier molecular flexibility index (Phi) is 4.29. The first kappa shape index (κ1) is 17.3. The van der Waals surface area contributed by atoms with E-state index in [2.05, 4.69) is 15.3 Å². The highest BCUT2D eigenvalue weighted by Crippen LogP contribution is 2.31. The summed E-state index contributed by atoms with van der Waals surface area (Å²) in [6.07, 6.45) is 0. The molecule has 8 heteroatoms. The number of nitro benzene ring substituents is 1. The van der Waals surface area contributed by atoms with Gasteiger partial charge in [0.15, 0.2) is 0 Å². The molecule has 138 valence electrons. The molecule has 1 N–H and O–H groups in total. The summed E-state index contributed by atoms with van der Waals surface area (Å²) in [4.78, 5) is 32.3. The lowest BCUT2D eigenvalue weighted by Crippen LogP contribution is -2.13. The summed E-state index contributed by atoms with van der Waals surface area (Å²) < 4.78 is 5.37. The van der Waals surface area contributed by atoms with E-state index in [9.17, 15) is 14.9 Å². The molecule has 4 aromatic rings. The number of fused-ring (bicyclic) bond motifs is 2. The molecule has 0 fully saturated rings. The Morgan fingerprint density at radius 3 is 2.39 bits per heavy atom. The number of non-ortho nitro benzene ring substituents is 1. The Bertz CT molecular complexity index is 1240. The highest BCUT2D eigenvalue weighted by molar-refractivity contribution is 6.09. The van der Waals surface area contributed by atoms with Gasteiger partial charge in [-0.1, -0.05) is 18.2 Å². The first-order valence-corrected chi connectivity index (χ1v) is 8.36. The SMILES string of the molecule is COc1ccc(NC(=O)c2cccc([N+](=O)[O-])c2)c2nc3ccccc3nc12. The zero-order valence-corrected chi connectivity index (χ0v) is 14.7. The van der Waals surface area contributed by atoms with Crippen molar-refractivity contribution < 1.29 is 14.5 Å². The van der Waals surface area contributed by atoms with Crippen LogP contribution in [0.25, 0.3) is 22.1 Å². The molecular formula is C20H14N4O4. The molecule has 0 unspecified atom stereocenters. The predicted octanol–water partition coefficient (Wildman–Crippen LogP) is 3.95. The first-order valence-electron chi connectivity index (χ1n) is 8.36. The number of nitrogens with one attached hydrogen (secondary N) is 1. The van der Waals surface area contributed by atoms with E-state index < -0.39 is 10.8 Å². The van der Waals surface area contributed by atoms with E-state index in [0.717, 1.165) is 0 Å². The Hall–Kier alpha value is -4.07. The van der Waals surface area contributed by atoms with Crippen LogP contribution in [0.2, 0.25) is 0 Å². The van der Waals surface area contributed by atoms with Gasteiger partial charge in [0.2, 0.25) is 0 Å². The lowest BCUT2D eigenvalue weighted by atomic mass is 10.1. The standard InChI is InChI=1S/C20H14N4O4/c1-28-17-10-9-16(18-19(17)22-15-8-3-2-7-14(15)21-18)23-20(25)12-5-4-6-13(11-12)24(26)27/h2-11H,1H3,(H,23,25). The van der Waals surface area contributed by atoms with Gasteiger partial charge in [-0.15, -0.1) is 0 Å². The molecule has 0 spiro atoms. The van der Waals surface area contributed by atoms with Crippen LogP contribution in [0, 0.1) is 10.1 Å². The maximum absolute atomic E-state index is 12.6. The third-order valence-electron chi connectivity index (χ3n) is 4.25. The van der Waals surface area contributed by atoms with E-state index in [4.69, 9.17) is 4.74 Å². The number of hydrogen-bond donors (Lipinski definition) is 1. The Labute approximate surface area is 158 Å². The Morgan fingerprint density at radius 1 is 1.00 bits per heavy atom. The molecule has 3 aromatic carbocycles. The summed E-state index contributed by atoms with van der Waals surface area (Å²) >= 11 is 0. The molecule has 0 saturated carbocycles. The number of nitro groups is 1. The first-order chi connectivity index (χ1) is 13.6. The van der Waals surface area contributed by atoms with Crippen LogP contribution < -0.4 is 10.1 Å². The molecule has 0 aliphatic carbocycles. The highest BCUT2D eigenvalue weighted by atomic mass is 16.6. The van der Waals surface area contributed by atoms with Crippen molar-refractivity contribution in [1.29, 1.82) is 0 Å². The minimum Gasteiger partial charge on any atom is -0.494 e. The predicted molar refractivity (Wildman–Crippen MR) is 105 cm³/mol. The molecular weight excluding hydrogens is 360 g/mol. The van der Waals surface area contributed by atoms with Gasteiger partial charge in [0.05, 0.1) is 28.8 Å². The van der Waals surface area contributed by atoms with Crippen LogP contribution in [0.4, 0.5) is 11.4 Å². The van der Waals surface area contributed by atoms with Crippen LogP contribution in [-0.2, 0) is 0 Å². The number of aromatic nitrogens is 2. The molecule has 0 radical (unpaired) electrons. The van der Waals surface area contributed by atoms with E-state index in [1.807, 2.05) is 24.3 Å². The summed E-state index contributed by atoms with van der Waals surface area (Å²) in [6, 6.07) is 16.3. The number of methoxy groups -OCH3 is 1. The van der Waals surface area contributed by atoms with Crippen LogP contribution in [0.1, 0.15) is 10.4 Å². The number of amides is 1. The smallest absolute Gasteiger partial charge is 0.270 e. The van der Waals surface area contributed by atoms with E-state index in [1.54, 1.807) is 12.1 Å². The fraction of sp³-hybridized carbons (Fsp3) is 0.0500. The largest absolute Gasteiger partial charge is 0.494 e. The summed E-state index contributed by atoms with van der Waals surface area (Å²) in [5.74, 6) is 0.0479. The molecule has 0 saturated heterocycles. The van der Waals surface area contributed by atoms with Gasteiger partial charge in [0.1, 0.15) is 16.8 Å². The molecule has 0 aliphatic heterocycles. The second-order valence-corrected chi connectivity index (χ2v) is 5.99. The number of anilines is 1. The maximum Gasteiger partial charge on any atom is 0.270 e. The van der Waals surface area contributed by atoms with Crippen molar-refractivity contribution in [1.82, 2.24) is 9.97 Å². The number of carbonyl (C=O) groups excluding carboxylic acids is 1. The quantitative estimate of drug-likeness (QED) is 0.329. The van der Waals surface area contributed by atoms with Gasteiger partial charge in [-0.05, 0) is 30.3 Å². The minimum absolute atomic E-state index is 0.155. The van der Waals surface area contributed by atoms with Crippen molar-refractivity contribution in [3.8, 4) is 5.75 Å². The summed E-state index contributed by atoms with van der Waals surface area (Å²) in [5, 5.41) is 13.7. The van der Waals surface area contributed by atoms with Gasteiger partial charge in [0, 0.05) is 17.7 Å². The molecule has 1 aromatic heterocycles. The van der Waals surface area contributed by atoms with Crippen molar-refractivity contribution in [2.45, 2.75) is 0 Å². The maximum atomic E-state index is 12.6. The van der Waals surface area contributed by atoms with Crippen molar-refractivity contribution in [2.24, 2.45) is 0 Å². The zero-order valence-electron chi connectivity index (χ0n) is 14.7. The van der Waals surface area contributed by atoms with Crippen molar-refractivity contribution in [2.75, 3.05) is 12.4 Å². The highest BCUT2D eigenvalue weighted by Gasteiger charge is 2.16. The summed E-state index contributed by atoms with van der Waals surface area (Å²) in [7, 11) is 1.53. The molecule has 1 amide bonds. The molecule has 4 rings (SSSR count). The number of para-hydroxylation sites is 2. The molecule has 1 heterocycles. The molecule has 28 heavy (non-hydrogen) atoms. The fourth-order valence-electron chi connectivity index (χ4n) is 2.90. The van der Waals surface area contributed by atoms with Gasteiger partial charge >= 0.3 is 0 Å². The average Bonchev–Trinajstić information content (AvgIpc) is 2.72. The van der Waals surface area contributed by atoms with E-state index in [1.165, 1.54) is 31.4 Å². The number of nitrogens with zero attached hydrogens (tertiary/aromatic N) is 3. The normalized spacial score (nSPS) is 10.8. The van der Waals surface area contributed by atoms with Crippen LogP contribution in [0.15, 0.2) is 60.7 Å². The Balaban J connectivity index is 1.80. The monoisotopic (exact) mass is 374 g/mol. The van der Waals surface area contributed by atoms with E-state index >= 15 is 0 Å². The van der Waals surface area contributed by atoms with Crippen LogP contribution >= 0.6 is 0 Å². The number of carbonyl (C=O) groups is 1. The van der Waals surface area contributed by atoms with Gasteiger partial charge < -0.3 is 10.1 Å². The lowest BCUT2D eigenvalue weighted by molar-refractivity contribution is -0.384. The van der Waals surface area contributed by atoms with Crippen molar-refractivity contribution >= 4 is 39.3 Å². The minimum atomic E-state index is -0.544. The summed E-state index contributed by atoms with van der Waals surface area (Å²) in [5.41, 5.74) is 2.81. The molecule has 8 nitrogen and oxygen atoms in total. The average molecular weight is 374 g/mol. The third-order valence-corrected chi connectivity index (χ3v) is 4.25. The lowest BCUT2D eigenvalue weighted by Gasteiger charge is -2.11. The van der Waals surface area contributed by atoms with E-state index in [0.29, 0.717) is 33.5 Å². The van der Waals surface area contributed by atoms with Crippen LogP contribution in [0.5, 0.6) is 5.75 Å². The fourth-order valence-corrected chi connectivity index (χ4v) is 2.90. The van der Waals surface area contributed by atoms with Crippen LogP contribution in [0.3, 0.4) is 0 Å². The van der Waals surface area contributed by atoms with Crippen molar-refractivity contribution in [3.05, 3.63) is 76.3 Å². The van der Waals surface area contributed by atoms with Gasteiger partial charge in [-0.2, -0.15) is 0 Å². The Morgan fingerprint density at radius 2 is 1.71 bits per heavy atom.